The first-order valence-electron chi connectivity index (χ1n) is 8.99. The molecule has 0 aliphatic carbocycles. The predicted octanol–water partition coefficient (Wildman–Crippen LogP) is 2.68. The van der Waals surface area contributed by atoms with Gasteiger partial charge in [0.05, 0.1) is 22.0 Å². The molecule has 1 fully saturated rings. The van der Waals surface area contributed by atoms with Crippen LogP contribution in [-0.2, 0) is 37.7 Å². The number of hydrogen-bond donors (Lipinski definition) is 1. The molecule has 0 radical (unpaired) electrons. The number of anilines is 2. The summed E-state index contributed by atoms with van der Waals surface area (Å²) in [6, 6.07) is 10.9. The van der Waals surface area contributed by atoms with E-state index in [9.17, 15) is 21.6 Å². The van der Waals surface area contributed by atoms with E-state index in [1.807, 2.05) is 32.0 Å². The number of para-hydroxylation sites is 1. The Morgan fingerprint density at radius 2 is 1.57 bits per heavy atom. The molecule has 0 aromatic heterocycles. The number of carbonyl (C=O) groups excluding carboxylic acids is 1. The monoisotopic (exact) mass is 422 g/mol. The van der Waals surface area contributed by atoms with Crippen LogP contribution in [0.4, 0.5) is 11.4 Å². The molecule has 0 unspecified atom stereocenters. The van der Waals surface area contributed by atoms with Crippen LogP contribution in [0.3, 0.4) is 0 Å². The van der Waals surface area contributed by atoms with Crippen molar-refractivity contribution >= 4 is 37.3 Å². The van der Waals surface area contributed by atoms with Crippen molar-refractivity contribution in [1.29, 1.82) is 0 Å². The van der Waals surface area contributed by atoms with E-state index in [1.54, 1.807) is 0 Å². The Labute approximate surface area is 165 Å². The lowest BCUT2D eigenvalue weighted by Crippen LogP contribution is -2.29. The van der Waals surface area contributed by atoms with Crippen molar-refractivity contribution in [3.8, 4) is 0 Å². The molecule has 3 rings (SSSR count). The van der Waals surface area contributed by atoms with Crippen LogP contribution in [0.15, 0.2) is 47.4 Å². The van der Waals surface area contributed by atoms with Gasteiger partial charge in [-0.2, -0.15) is 0 Å². The second-order valence-corrected chi connectivity index (χ2v) is 10.1. The molecule has 0 bridgehead atoms. The zero-order valence-corrected chi connectivity index (χ0v) is 17.3. The number of nitrogens with one attached hydrogen (secondary N) is 1. The second kappa shape index (κ2) is 7.56. The van der Waals surface area contributed by atoms with Crippen LogP contribution in [0.2, 0.25) is 0 Å². The van der Waals surface area contributed by atoms with E-state index >= 15 is 0 Å². The van der Waals surface area contributed by atoms with Crippen LogP contribution < -0.4 is 9.03 Å². The van der Waals surface area contributed by atoms with Crippen LogP contribution >= 0.6 is 0 Å². The zero-order valence-electron chi connectivity index (χ0n) is 15.7. The molecule has 7 nitrogen and oxygen atoms in total. The molecule has 0 spiro atoms. The van der Waals surface area contributed by atoms with Gasteiger partial charge in [-0.3, -0.25) is 9.52 Å². The molecule has 1 N–H and O–H groups in total. The van der Waals surface area contributed by atoms with Crippen LogP contribution in [0.1, 0.15) is 31.4 Å². The first-order chi connectivity index (χ1) is 13.2. The van der Waals surface area contributed by atoms with E-state index in [0.717, 1.165) is 15.4 Å². The molecular weight excluding hydrogens is 400 g/mol. The van der Waals surface area contributed by atoms with Crippen molar-refractivity contribution < 1.29 is 21.6 Å². The van der Waals surface area contributed by atoms with Crippen molar-refractivity contribution in [1.82, 2.24) is 0 Å². The Kier molecular flexibility index (Phi) is 5.49. The molecule has 150 valence electrons. The minimum absolute atomic E-state index is 0.00625. The molecule has 2 aromatic rings. The van der Waals surface area contributed by atoms with Crippen molar-refractivity contribution in [2.24, 2.45) is 0 Å². The fourth-order valence-corrected chi connectivity index (χ4v) is 5.80. The van der Waals surface area contributed by atoms with Gasteiger partial charge in [-0.05, 0) is 48.2 Å². The molecule has 1 saturated heterocycles. The molecule has 9 heteroatoms. The maximum Gasteiger partial charge on any atom is 0.261 e. The minimum atomic E-state index is -3.86. The average Bonchev–Trinajstić information content (AvgIpc) is 2.94. The molecule has 0 saturated carbocycles. The lowest BCUT2D eigenvalue weighted by molar-refractivity contribution is -0.116. The van der Waals surface area contributed by atoms with Crippen molar-refractivity contribution in [2.45, 2.75) is 38.0 Å². The average molecular weight is 423 g/mol. The Balaban J connectivity index is 1.93. The highest BCUT2D eigenvalue weighted by molar-refractivity contribution is 7.94. The highest BCUT2D eigenvalue weighted by atomic mass is 32.2. The van der Waals surface area contributed by atoms with Gasteiger partial charge in [0, 0.05) is 6.42 Å². The van der Waals surface area contributed by atoms with E-state index in [1.165, 1.54) is 24.3 Å². The number of aryl methyl sites for hydroxylation is 2. The molecule has 1 aliphatic rings. The second-order valence-electron chi connectivity index (χ2n) is 6.48. The van der Waals surface area contributed by atoms with Gasteiger partial charge in [-0.25, -0.2) is 21.1 Å². The summed E-state index contributed by atoms with van der Waals surface area (Å²) in [5.74, 6) is -0.751. The van der Waals surface area contributed by atoms with Crippen LogP contribution in [-0.4, -0.2) is 28.5 Å². The number of carbonyl (C=O) groups is 1. The number of nitrogens with zero attached hydrogens (tertiary/aromatic N) is 1. The van der Waals surface area contributed by atoms with Gasteiger partial charge in [0.15, 0.2) is 0 Å². The highest BCUT2D eigenvalue weighted by Gasteiger charge is 2.36. The van der Waals surface area contributed by atoms with Gasteiger partial charge in [0.25, 0.3) is 10.0 Å². The van der Waals surface area contributed by atoms with E-state index < -0.39 is 26.0 Å². The predicted molar refractivity (Wildman–Crippen MR) is 108 cm³/mol. The van der Waals surface area contributed by atoms with E-state index in [0.29, 0.717) is 18.5 Å². The Hall–Kier alpha value is -2.39. The summed E-state index contributed by atoms with van der Waals surface area (Å²) in [7, 11) is -7.55. The van der Waals surface area contributed by atoms with E-state index in [-0.39, 0.29) is 22.8 Å². The highest BCUT2D eigenvalue weighted by Crippen LogP contribution is 2.29. The summed E-state index contributed by atoms with van der Waals surface area (Å²) in [6.45, 7) is 3.91. The fraction of sp³-hybridized carbons (Fsp3) is 0.316. The third-order valence-electron chi connectivity index (χ3n) is 4.70. The van der Waals surface area contributed by atoms with E-state index in [4.69, 9.17) is 0 Å². The third kappa shape index (κ3) is 3.77. The van der Waals surface area contributed by atoms with Gasteiger partial charge >= 0.3 is 0 Å². The summed E-state index contributed by atoms with van der Waals surface area (Å²) in [5, 5.41) is 0. The number of rotatable bonds is 6. The summed E-state index contributed by atoms with van der Waals surface area (Å²) in [4.78, 5) is 11.9. The molecular formula is C19H22N2O5S2. The molecule has 2 aromatic carbocycles. The van der Waals surface area contributed by atoms with E-state index in [2.05, 4.69) is 4.72 Å². The van der Waals surface area contributed by atoms with Crippen molar-refractivity contribution in [3.63, 3.8) is 0 Å². The fourth-order valence-electron chi connectivity index (χ4n) is 3.20. The smallest absolute Gasteiger partial charge is 0.261 e. The van der Waals surface area contributed by atoms with Gasteiger partial charge in [-0.1, -0.05) is 32.0 Å². The third-order valence-corrected chi connectivity index (χ3v) is 7.75. The first kappa shape index (κ1) is 20.3. The maximum absolute atomic E-state index is 12.9. The Morgan fingerprint density at radius 3 is 2.04 bits per heavy atom. The van der Waals surface area contributed by atoms with Gasteiger partial charge in [-0.15, -0.1) is 0 Å². The summed E-state index contributed by atoms with van der Waals surface area (Å²) in [5.41, 5.74) is 2.51. The Morgan fingerprint density at radius 1 is 1.00 bits per heavy atom. The molecule has 1 heterocycles. The van der Waals surface area contributed by atoms with Gasteiger partial charge in [0.1, 0.15) is 0 Å². The van der Waals surface area contributed by atoms with Crippen LogP contribution in [0.25, 0.3) is 0 Å². The zero-order chi connectivity index (χ0) is 20.5. The Bertz CT molecular complexity index is 1090. The van der Waals surface area contributed by atoms with Crippen LogP contribution in [0.5, 0.6) is 0 Å². The number of amides is 1. The van der Waals surface area contributed by atoms with Crippen molar-refractivity contribution in [2.75, 3.05) is 14.8 Å². The summed E-state index contributed by atoms with van der Waals surface area (Å²) < 4.78 is 53.1. The van der Waals surface area contributed by atoms with Crippen LogP contribution in [0, 0.1) is 0 Å². The molecule has 28 heavy (non-hydrogen) atoms. The minimum Gasteiger partial charge on any atom is -0.279 e. The van der Waals surface area contributed by atoms with Gasteiger partial charge < -0.3 is 0 Å². The van der Waals surface area contributed by atoms with Gasteiger partial charge in [0.2, 0.25) is 15.9 Å². The quantitative estimate of drug-likeness (QED) is 0.771. The first-order valence-corrected chi connectivity index (χ1v) is 12.1. The lowest BCUT2D eigenvalue weighted by Gasteiger charge is -2.17. The maximum atomic E-state index is 12.9. The summed E-state index contributed by atoms with van der Waals surface area (Å²) in [6.07, 6.45) is 1.29. The topological polar surface area (TPSA) is 101 Å². The normalized spacial score (nSPS) is 16.4. The largest absolute Gasteiger partial charge is 0.279 e. The van der Waals surface area contributed by atoms with Crippen molar-refractivity contribution in [3.05, 3.63) is 53.6 Å². The standard InChI is InChI=1S/C19H22N2O5S2/c1-3-14-6-5-7-15(4-2)19(14)20-28(25,26)17-10-8-16(9-11-17)21-18(22)12-13-27(21,23)24/h5-11,20H,3-4,12-13H2,1-2H3. The molecule has 0 atom stereocenters. The number of benzene rings is 2. The SMILES string of the molecule is CCc1cccc(CC)c1NS(=O)(=O)c1ccc(N2C(=O)CCS2(=O)=O)cc1. The number of sulfonamides is 2. The summed E-state index contributed by atoms with van der Waals surface area (Å²) >= 11 is 0. The molecule has 1 aliphatic heterocycles. The molecule has 1 amide bonds. The lowest BCUT2D eigenvalue weighted by atomic mass is 10.0. The number of hydrogen-bond acceptors (Lipinski definition) is 5.